The second-order valence-electron chi connectivity index (χ2n) is 17.7. The van der Waals surface area contributed by atoms with Crippen LogP contribution in [0.15, 0.2) is 170 Å². The van der Waals surface area contributed by atoms with Gasteiger partial charge in [-0.25, -0.2) is 19.1 Å². The van der Waals surface area contributed by atoms with E-state index in [2.05, 4.69) is 104 Å². The molecule has 72 heavy (non-hydrogen) atoms. The van der Waals surface area contributed by atoms with Crippen molar-refractivity contribution in [2.45, 2.75) is 13.1 Å². The van der Waals surface area contributed by atoms with E-state index in [1.165, 1.54) is 0 Å². The summed E-state index contributed by atoms with van der Waals surface area (Å²) in [5.41, 5.74) is 17.0. The van der Waals surface area contributed by atoms with E-state index < -0.39 is 14.2 Å². The Morgan fingerprint density at radius 2 is 0.708 bits per heavy atom. The van der Waals surface area contributed by atoms with Crippen molar-refractivity contribution < 1.29 is 38.7 Å². The molecule has 0 saturated heterocycles. The molecule has 12 nitrogen and oxygen atoms in total. The standard InChI is InChI=1S/C58H47B2N6O6/c1-71-45-15-7-39(8-16-45)55-47-19-23-51(61-47)57(41-27-31-65(32-28-41)35-37-3-11-43(12-4-37)59(67)68)53-25-21-49(63-53)56(40-9-17-46(72-2)18-10-40)50-22-26-54(64-50)58(52-24-20-48(55)62-52)42-29-33-66(34-30-42)36-38-5-13-44(14-6-38)60(69)70/h3-34,67-70H,35-36H2,1-2H3,(H,61,62,63,64)/q+1/p+1. The molecule has 2 aliphatic rings. The SMILES string of the molecule is COc1ccc(-c2c3nc(c(-c4cc[n+](Cc5ccc(B(O)O)cc5)cc4)c4ccc([nH]4)c(-c4ccc(OC)cc4)c4ccc([nH]4)c(-c4cc[n+](Cc5ccc(B(O)O)cc5)cc4)c4nc2C=C4)C=C3)cc1. The van der Waals surface area contributed by atoms with Gasteiger partial charge in [0.1, 0.15) is 11.5 Å². The lowest BCUT2D eigenvalue weighted by molar-refractivity contribution is -0.688. The van der Waals surface area contributed by atoms with Crippen molar-refractivity contribution in [2.75, 3.05) is 14.2 Å². The molecule has 2 aliphatic heterocycles. The summed E-state index contributed by atoms with van der Waals surface area (Å²) in [5.74, 6) is 1.50. The Balaban J connectivity index is 1.13. The zero-order valence-corrected chi connectivity index (χ0v) is 39.4. The number of aromatic nitrogens is 6. The minimum atomic E-state index is -1.52. The fraction of sp³-hybridized carbons (Fsp3) is 0.0690. The normalized spacial score (nSPS) is 11.8. The van der Waals surface area contributed by atoms with E-state index in [1.54, 1.807) is 38.5 Å². The first-order valence-corrected chi connectivity index (χ1v) is 23.5. The zero-order chi connectivity index (χ0) is 49.3. The monoisotopic (exact) mass is 946 g/mol. The minimum absolute atomic E-state index is 0.446. The maximum absolute atomic E-state index is 9.62. The summed E-state index contributed by atoms with van der Waals surface area (Å²) in [5, 5.41) is 38.5. The molecule has 11 rings (SSSR count). The highest BCUT2D eigenvalue weighted by Crippen LogP contribution is 2.39. The minimum Gasteiger partial charge on any atom is -0.497 e. The largest absolute Gasteiger partial charge is 0.497 e. The van der Waals surface area contributed by atoms with E-state index in [0.29, 0.717) is 24.0 Å². The summed E-state index contributed by atoms with van der Waals surface area (Å²) < 4.78 is 15.3. The summed E-state index contributed by atoms with van der Waals surface area (Å²) in [4.78, 5) is 18.6. The Hall–Kier alpha value is -8.65. The van der Waals surface area contributed by atoms with Crippen LogP contribution in [0.3, 0.4) is 0 Å². The maximum atomic E-state index is 9.62. The molecule has 0 amide bonds. The van der Waals surface area contributed by atoms with Crippen LogP contribution >= 0.6 is 0 Å². The number of H-pyrrole nitrogens is 2. The summed E-state index contributed by atoms with van der Waals surface area (Å²) in [7, 11) is 0.297. The van der Waals surface area contributed by atoms with E-state index in [1.807, 2.05) is 85.5 Å². The molecule has 8 bridgehead atoms. The first-order valence-electron chi connectivity index (χ1n) is 23.5. The molecule has 4 aromatic carbocycles. The smallest absolute Gasteiger partial charge is 0.488 e. The highest BCUT2D eigenvalue weighted by molar-refractivity contribution is 6.58. The van der Waals surface area contributed by atoms with Crippen LogP contribution in [0, 0.1) is 0 Å². The molecule has 14 heteroatoms. The summed E-state index contributed by atoms with van der Waals surface area (Å²) in [6.45, 7) is 1.18. The van der Waals surface area contributed by atoms with E-state index in [-0.39, 0.29) is 0 Å². The number of methoxy groups -OCH3 is 2. The quantitative estimate of drug-likeness (QED) is 0.0546. The van der Waals surface area contributed by atoms with Crippen LogP contribution < -0.4 is 29.5 Å². The molecule has 0 unspecified atom stereocenters. The van der Waals surface area contributed by atoms with Crippen molar-refractivity contribution in [3.05, 3.63) is 204 Å². The van der Waals surface area contributed by atoms with Crippen molar-refractivity contribution >= 4 is 71.5 Å². The molecular formula is C58H48B2N6O6+2. The lowest BCUT2D eigenvalue weighted by Crippen LogP contribution is -2.34. The molecule has 350 valence electrons. The van der Waals surface area contributed by atoms with Crippen molar-refractivity contribution in [1.82, 2.24) is 19.9 Å². The van der Waals surface area contributed by atoms with Crippen LogP contribution in [0.1, 0.15) is 33.9 Å². The van der Waals surface area contributed by atoms with Crippen LogP contribution in [-0.4, -0.2) is 68.5 Å². The van der Waals surface area contributed by atoms with E-state index in [4.69, 9.17) is 19.4 Å². The molecular weight excluding hydrogens is 898 g/mol. The first kappa shape index (κ1) is 45.8. The fourth-order valence-electron chi connectivity index (χ4n) is 9.41. The summed E-state index contributed by atoms with van der Waals surface area (Å²) in [6, 6.07) is 47.5. The fourth-order valence-corrected chi connectivity index (χ4v) is 9.41. The van der Waals surface area contributed by atoms with Crippen LogP contribution in [0.25, 0.3) is 90.9 Å². The van der Waals surface area contributed by atoms with Gasteiger partial charge >= 0.3 is 14.2 Å². The number of nitrogens with one attached hydrogen (secondary N) is 2. The Morgan fingerprint density at radius 3 is 1.06 bits per heavy atom. The number of hydrogen-bond acceptors (Lipinski definition) is 8. The van der Waals surface area contributed by atoms with Gasteiger partial charge < -0.3 is 39.5 Å². The number of benzene rings is 4. The van der Waals surface area contributed by atoms with Gasteiger partial charge in [0.2, 0.25) is 0 Å². The molecule has 0 radical (unpaired) electrons. The van der Waals surface area contributed by atoms with Gasteiger partial charge in [-0.3, -0.25) is 0 Å². The highest BCUT2D eigenvalue weighted by atomic mass is 16.5. The molecule has 0 fully saturated rings. The third-order valence-electron chi connectivity index (χ3n) is 13.2. The van der Waals surface area contributed by atoms with Gasteiger partial charge in [0, 0.05) is 79.7 Å². The van der Waals surface area contributed by atoms with Crippen LogP contribution in [0.2, 0.25) is 0 Å². The maximum Gasteiger partial charge on any atom is 0.488 e. The van der Waals surface area contributed by atoms with Gasteiger partial charge in [-0.05, 0) is 106 Å². The lowest BCUT2D eigenvalue weighted by Gasteiger charge is -2.08. The van der Waals surface area contributed by atoms with E-state index in [9.17, 15) is 20.1 Å². The predicted molar refractivity (Wildman–Crippen MR) is 285 cm³/mol. The number of ether oxygens (including phenoxy) is 2. The number of pyridine rings is 2. The molecule has 0 spiro atoms. The van der Waals surface area contributed by atoms with Crippen molar-refractivity contribution in [2.24, 2.45) is 0 Å². The average Bonchev–Trinajstić information content (AvgIpc) is 4.27. The van der Waals surface area contributed by atoms with Gasteiger partial charge in [0.05, 0.1) is 37.0 Å². The van der Waals surface area contributed by atoms with Gasteiger partial charge in [0.25, 0.3) is 0 Å². The second kappa shape index (κ2) is 19.6. The van der Waals surface area contributed by atoms with E-state index in [0.717, 1.165) is 112 Å². The Bertz CT molecular complexity index is 3490. The highest BCUT2D eigenvalue weighted by Gasteiger charge is 2.21. The number of fused-ring (bicyclic) bond motifs is 8. The third-order valence-corrected chi connectivity index (χ3v) is 13.2. The molecule has 7 heterocycles. The van der Waals surface area contributed by atoms with Crippen molar-refractivity contribution in [3.8, 4) is 56.0 Å². The van der Waals surface area contributed by atoms with E-state index >= 15 is 0 Å². The second-order valence-corrected chi connectivity index (χ2v) is 17.7. The van der Waals surface area contributed by atoms with Crippen molar-refractivity contribution in [3.63, 3.8) is 0 Å². The lowest BCUT2D eigenvalue weighted by atomic mass is 9.80. The Kier molecular flexibility index (Phi) is 12.5. The third kappa shape index (κ3) is 9.26. The number of nitrogens with zero attached hydrogens (tertiary/aromatic N) is 4. The van der Waals surface area contributed by atoms with Crippen LogP contribution in [-0.2, 0) is 13.1 Å². The number of rotatable bonds is 12. The molecule has 0 atom stereocenters. The Morgan fingerprint density at radius 1 is 0.389 bits per heavy atom. The molecule has 6 N–H and O–H groups in total. The Labute approximate surface area is 416 Å². The van der Waals surface area contributed by atoms with Gasteiger partial charge in [-0.1, -0.05) is 72.8 Å². The molecule has 9 aromatic rings. The number of aromatic amines is 2. The topological polar surface area (TPSA) is 164 Å². The zero-order valence-electron chi connectivity index (χ0n) is 39.4. The summed E-state index contributed by atoms with van der Waals surface area (Å²) in [6.07, 6.45) is 16.5. The van der Waals surface area contributed by atoms with Crippen LogP contribution in [0.4, 0.5) is 0 Å². The molecule has 0 saturated carbocycles. The summed E-state index contributed by atoms with van der Waals surface area (Å²) >= 11 is 0. The molecule has 5 aromatic heterocycles. The van der Waals surface area contributed by atoms with Gasteiger partial charge in [-0.15, -0.1) is 0 Å². The van der Waals surface area contributed by atoms with Crippen LogP contribution in [0.5, 0.6) is 11.5 Å². The number of hydrogen-bond donors (Lipinski definition) is 6. The van der Waals surface area contributed by atoms with Gasteiger partial charge in [-0.2, -0.15) is 0 Å². The van der Waals surface area contributed by atoms with Crippen molar-refractivity contribution in [1.29, 1.82) is 0 Å². The first-order chi connectivity index (χ1) is 35.2. The average molecular weight is 947 g/mol. The van der Waals surface area contributed by atoms with Gasteiger partial charge in [0.15, 0.2) is 37.9 Å². The molecule has 0 aliphatic carbocycles. The predicted octanol–water partition coefficient (Wildman–Crippen LogP) is 7.37.